The number of aromatic nitrogens is 1. The van der Waals surface area contributed by atoms with Crippen LogP contribution in [0.5, 0.6) is 0 Å². The largest absolute Gasteiger partial charge is 0.481 e. The highest BCUT2D eigenvalue weighted by Crippen LogP contribution is 2.35. The van der Waals surface area contributed by atoms with Crippen molar-refractivity contribution in [2.24, 2.45) is 0 Å². The minimum absolute atomic E-state index is 0.0386. The molecule has 6 nitrogen and oxygen atoms in total. The van der Waals surface area contributed by atoms with Crippen LogP contribution in [0.25, 0.3) is 0 Å². The second-order valence-electron chi connectivity index (χ2n) is 3.53. The molecule has 0 fully saturated rings. The van der Waals surface area contributed by atoms with Gasteiger partial charge in [-0.25, -0.2) is 4.98 Å². The minimum Gasteiger partial charge on any atom is -0.481 e. The highest BCUT2D eigenvalue weighted by Gasteiger charge is 2.09. The first-order chi connectivity index (χ1) is 8.49. The monoisotopic (exact) mass is 288 g/mol. The summed E-state index contributed by atoms with van der Waals surface area (Å²) in [6.07, 6.45) is 1.94. The highest BCUT2D eigenvalue weighted by atomic mass is 33.1. The van der Waals surface area contributed by atoms with Crippen molar-refractivity contribution in [2.75, 3.05) is 0 Å². The number of hydrogen-bond donors (Lipinski definition) is 1. The van der Waals surface area contributed by atoms with Crippen molar-refractivity contribution in [2.45, 2.75) is 30.0 Å². The van der Waals surface area contributed by atoms with Crippen molar-refractivity contribution in [1.82, 2.24) is 4.98 Å². The van der Waals surface area contributed by atoms with Gasteiger partial charge in [0, 0.05) is 17.7 Å². The van der Waals surface area contributed by atoms with Crippen molar-refractivity contribution in [3.05, 3.63) is 28.4 Å². The van der Waals surface area contributed by atoms with Gasteiger partial charge in [0.05, 0.1) is 4.92 Å². The number of nitrogens with zero attached hydrogens (tertiary/aromatic N) is 2. The molecule has 1 atom stereocenters. The van der Waals surface area contributed by atoms with Gasteiger partial charge in [-0.3, -0.25) is 14.9 Å². The fourth-order valence-electron chi connectivity index (χ4n) is 1.04. The third kappa shape index (κ3) is 5.37. The summed E-state index contributed by atoms with van der Waals surface area (Å²) in [6, 6.07) is 2.98. The molecular weight excluding hydrogens is 276 g/mol. The Morgan fingerprint density at radius 1 is 1.61 bits per heavy atom. The van der Waals surface area contributed by atoms with E-state index in [1.807, 2.05) is 6.92 Å². The quantitative estimate of drug-likeness (QED) is 0.468. The molecule has 0 radical (unpaired) electrons. The van der Waals surface area contributed by atoms with Crippen LogP contribution in [0.3, 0.4) is 0 Å². The Balaban J connectivity index is 2.39. The summed E-state index contributed by atoms with van der Waals surface area (Å²) in [5.41, 5.74) is -0.0386. The predicted octanol–water partition coefficient (Wildman–Crippen LogP) is 2.98. The van der Waals surface area contributed by atoms with E-state index in [2.05, 4.69) is 4.98 Å². The molecule has 0 bridgehead atoms. The Bertz CT molecular complexity index is 424. The summed E-state index contributed by atoms with van der Waals surface area (Å²) in [6.45, 7) is 1.94. The van der Waals surface area contributed by atoms with Crippen LogP contribution in [0.4, 0.5) is 5.69 Å². The molecule has 0 aliphatic heterocycles. The van der Waals surface area contributed by atoms with Crippen LogP contribution in [0.1, 0.15) is 19.8 Å². The molecule has 1 unspecified atom stereocenters. The second kappa shape index (κ2) is 7.22. The maximum absolute atomic E-state index is 10.4. The van der Waals surface area contributed by atoms with Gasteiger partial charge in [0.25, 0.3) is 5.69 Å². The van der Waals surface area contributed by atoms with Crippen LogP contribution in [0.15, 0.2) is 23.4 Å². The van der Waals surface area contributed by atoms with Gasteiger partial charge < -0.3 is 5.11 Å². The molecule has 1 aromatic heterocycles. The molecule has 18 heavy (non-hydrogen) atoms. The maximum Gasteiger partial charge on any atom is 0.303 e. The molecule has 0 spiro atoms. The summed E-state index contributed by atoms with van der Waals surface area (Å²) in [5.74, 6) is -0.805. The standard InChI is InChI=1S/C10H12N2O4S2/c1-7(2-5-10(13)14)17-18-9-4-3-8(6-11-9)12(15)16/h3-4,6-7H,2,5H2,1H3,(H,13,14). The van der Waals surface area contributed by atoms with E-state index in [-0.39, 0.29) is 17.4 Å². The molecular formula is C10H12N2O4S2. The van der Waals surface area contributed by atoms with Gasteiger partial charge in [0.2, 0.25) is 0 Å². The molecule has 1 aromatic rings. The van der Waals surface area contributed by atoms with Crippen molar-refractivity contribution in [3.63, 3.8) is 0 Å². The van der Waals surface area contributed by atoms with Gasteiger partial charge in [0.15, 0.2) is 0 Å². The zero-order valence-corrected chi connectivity index (χ0v) is 11.2. The zero-order chi connectivity index (χ0) is 13.5. The van der Waals surface area contributed by atoms with Gasteiger partial charge in [-0.05, 0) is 23.3 Å². The molecule has 1 rings (SSSR count). The first-order valence-electron chi connectivity index (χ1n) is 5.14. The first kappa shape index (κ1) is 14.8. The molecule has 0 aliphatic rings. The van der Waals surface area contributed by atoms with Crippen LogP contribution in [-0.2, 0) is 4.79 Å². The van der Waals surface area contributed by atoms with Gasteiger partial charge in [-0.15, -0.1) is 0 Å². The number of aliphatic carboxylic acids is 1. The summed E-state index contributed by atoms with van der Waals surface area (Å²) in [4.78, 5) is 24.3. The lowest BCUT2D eigenvalue weighted by Crippen LogP contribution is -2.01. The van der Waals surface area contributed by atoms with E-state index in [4.69, 9.17) is 5.11 Å². The van der Waals surface area contributed by atoms with Crippen molar-refractivity contribution in [3.8, 4) is 0 Å². The Hall–Kier alpha value is -1.28. The number of rotatable bonds is 7. The van der Waals surface area contributed by atoms with Crippen LogP contribution in [-0.4, -0.2) is 26.2 Å². The predicted molar refractivity (Wildman–Crippen MR) is 70.7 cm³/mol. The molecule has 1 heterocycles. The van der Waals surface area contributed by atoms with Crippen LogP contribution >= 0.6 is 21.6 Å². The molecule has 0 saturated heterocycles. The van der Waals surface area contributed by atoms with E-state index in [1.165, 1.54) is 33.9 Å². The van der Waals surface area contributed by atoms with Gasteiger partial charge in [-0.2, -0.15) is 0 Å². The Kier molecular flexibility index (Phi) is 5.93. The average molecular weight is 288 g/mol. The second-order valence-corrected chi connectivity index (χ2v) is 6.19. The molecule has 98 valence electrons. The lowest BCUT2D eigenvalue weighted by Gasteiger charge is -2.07. The minimum atomic E-state index is -0.805. The Morgan fingerprint density at radius 3 is 2.83 bits per heavy atom. The molecule has 0 aromatic carbocycles. The summed E-state index contributed by atoms with van der Waals surface area (Å²) < 4.78 is 0. The van der Waals surface area contributed by atoms with E-state index >= 15 is 0 Å². The van der Waals surface area contributed by atoms with Crippen LogP contribution < -0.4 is 0 Å². The lowest BCUT2D eigenvalue weighted by molar-refractivity contribution is -0.385. The fourth-order valence-corrected chi connectivity index (χ4v) is 3.11. The molecule has 8 heteroatoms. The summed E-state index contributed by atoms with van der Waals surface area (Å²) in [7, 11) is 2.90. The van der Waals surface area contributed by atoms with Gasteiger partial charge in [-0.1, -0.05) is 17.7 Å². The maximum atomic E-state index is 10.4. The third-order valence-electron chi connectivity index (χ3n) is 1.99. The molecule has 0 saturated carbocycles. The number of carbonyl (C=O) groups is 1. The third-order valence-corrected chi connectivity index (χ3v) is 4.85. The van der Waals surface area contributed by atoms with E-state index in [0.29, 0.717) is 11.4 Å². The molecule has 1 N–H and O–H groups in total. The number of nitro groups is 1. The Morgan fingerprint density at radius 2 is 2.33 bits per heavy atom. The summed E-state index contributed by atoms with van der Waals surface area (Å²) in [5, 5.41) is 19.8. The smallest absolute Gasteiger partial charge is 0.303 e. The summed E-state index contributed by atoms with van der Waals surface area (Å²) >= 11 is 0. The fraction of sp³-hybridized carbons (Fsp3) is 0.400. The molecule has 0 amide bonds. The SMILES string of the molecule is CC(CCC(=O)O)SSc1ccc([N+](=O)[O-])cn1. The molecule has 0 aliphatic carbocycles. The van der Waals surface area contributed by atoms with Crippen molar-refractivity contribution in [1.29, 1.82) is 0 Å². The number of carboxylic acids is 1. The number of carboxylic acid groups (broad SMARTS) is 1. The van der Waals surface area contributed by atoms with E-state index in [9.17, 15) is 14.9 Å². The van der Waals surface area contributed by atoms with Crippen LogP contribution in [0, 0.1) is 10.1 Å². The zero-order valence-electron chi connectivity index (χ0n) is 9.61. The average Bonchev–Trinajstić information content (AvgIpc) is 2.34. The number of pyridine rings is 1. The first-order valence-corrected chi connectivity index (χ1v) is 7.36. The van der Waals surface area contributed by atoms with Gasteiger partial charge >= 0.3 is 5.97 Å². The van der Waals surface area contributed by atoms with E-state index < -0.39 is 10.9 Å². The van der Waals surface area contributed by atoms with Crippen molar-refractivity contribution >= 4 is 33.2 Å². The van der Waals surface area contributed by atoms with E-state index in [0.717, 1.165) is 0 Å². The normalized spacial score (nSPS) is 12.1. The lowest BCUT2D eigenvalue weighted by atomic mass is 10.2. The van der Waals surface area contributed by atoms with Crippen LogP contribution in [0.2, 0.25) is 0 Å². The van der Waals surface area contributed by atoms with E-state index in [1.54, 1.807) is 6.07 Å². The topological polar surface area (TPSA) is 93.3 Å². The number of hydrogen-bond acceptors (Lipinski definition) is 6. The van der Waals surface area contributed by atoms with Gasteiger partial charge in [0.1, 0.15) is 11.2 Å². The van der Waals surface area contributed by atoms with Crippen molar-refractivity contribution < 1.29 is 14.8 Å². The highest BCUT2D eigenvalue weighted by molar-refractivity contribution is 8.76. The Labute approximate surface area is 112 Å².